The van der Waals surface area contributed by atoms with E-state index in [0.717, 1.165) is 50.3 Å². The Hall–Kier alpha value is -1.80. The quantitative estimate of drug-likeness (QED) is 0.824. The first kappa shape index (κ1) is 17.6. The van der Waals surface area contributed by atoms with Gasteiger partial charge in [-0.1, -0.05) is 6.42 Å². The highest BCUT2D eigenvalue weighted by molar-refractivity contribution is 7.89. The van der Waals surface area contributed by atoms with Crippen LogP contribution in [0.15, 0.2) is 29.2 Å². The Balaban J connectivity index is 1.48. The highest BCUT2D eigenvalue weighted by atomic mass is 32.2. The summed E-state index contributed by atoms with van der Waals surface area (Å²) < 4.78 is 42.3. The van der Waals surface area contributed by atoms with Gasteiger partial charge in [0.25, 0.3) is 0 Å². The number of nitrogens with zero attached hydrogens (tertiary/aromatic N) is 4. The molecule has 2 aliphatic heterocycles. The zero-order chi connectivity index (χ0) is 18.1. The number of sulfonamides is 1. The zero-order valence-corrected chi connectivity index (χ0v) is 15.5. The fourth-order valence-corrected chi connectivity index (χ4v) is 5.39. The van der Waals surface area contributed by atoms with E-state index in [4.69, 9.17) is 0 Å². The van der Waals surface area contributed by atoms with Crippen molar-refractivity contribution >= 4 is 10.0 Å². The minimum atomic E-state index is -3.57. The Morgan fingerprint density at radius 2 is 1.69 bits per heavy atom. The van der Waals surface area contributed by atoms with Gasteiger partial charge in [0.2, 0.25) is 10.0 Å². The number of fused-ring (bicyclic) bond motifs is 1. The highest BCUT2D eigenvalue weighted by Gasteiger charge is 2.32. The minimum absolute atomic E-state index is 0.147. The summed E-state index contributed by atoms with van der Waals surface area (Å²) in [6, 6.07) is 5.03. The molecule has 1 aromatic heterocycles. The number of halogens is 1. The zero-order valence-electron chi connectivity index (χ0n) is 14.6. The summed E-state index contributed by atoms with van der Waals surface area (Å²) in [6.45, 7) is 1.87. The summed E-state index contributed by atoms with van der Waals surface area (Å²) in [5.41, 5.74) is 0. The average Bonchev–Trinajstić information content (AvgIpc) is 2.90. The van der Waals surface area contributed by atoms with Crippen molar-refractivity contribution in [2.24, 2.45) is 0 Å². The van der Waals surface area contributed by atoms with Crippen LogP contribution in [0.5, 0.6) is 0 Å². The van der Waals surface area contributed by atoms with E-state index in [1.165, 1.54) is 35.0 Å². The lowest BCUT2D eigenvalue weighted by atomic mass is 9.97. The van der Waals surface area contributed by atoms with Crippen LogP contribution >= 0.6 is 0 Å². The molecule has 4 rings (SSSR count). The molecule has 1 saturated heterocycles. The Morgan fingerprint density at radius 1 is 0.962 bits per heavy atom. The van der Waals surface area contributed by atoms with Crippen LogP contribution in [0.1, 0.15) is 49.7 Å². The third-order valence-corrected chi connectivity index (χ3v) is 7.32. The van der Waals surface area contributed by atoms with Crippen LogP contribution in [0, 0.1) is 5.82 Å². The van der Waals surface area contributed by atoms with Gasteiger partial charge in [-0.2, -0.15) is 4.31 Å². The third kappa shape index (κ3) is 3.27. The maximum atomic E-state index is 13.1. The Kier molecular flexibility index (Phi) is 4.79. The molecule has 1 aromatic carbocycles. The van der Waals surface area contributed by atoms with Crippen LogP contribution in [0.25, 0.3) is 0 Å². The van der Waals surface area contributed by atoms with E-state index in [9.17, 15) is 12.8 Å². The molecule has 140 valence electrons. The molecule has 6 nitrogen and oxygen atoms in total. The fraction of sp³-hybridized carbons (Fsp3) is 0.556. The Labute approximate surface area is 153 Å². The lowest BCUT2D eigenvalue weighted by Crippen LogP contribution is -2.38. The molecule has 2 aliphatic rings. The largest absolute Gasteiger partial charge is 0.315 e. The first-order valence-electron chi connectivity index (χ1n) is 9.23. The molecular weight excluding hydrogens is 355 g/mol. The van der Waals surface area contributed by atoms with E-state index in [1.54, 1.807) is 0 Å². The predicted molar refractivity (Wildman–Crippen MR) is 94.7 cm³/mol. The third-order valence-electron chi connectivity index (χ3n) is 5.41. The van der Waals surface area contributed by atoms with Gasteiger partial charge in [0.05, 0.1) is 4.90 Å². The molecule has 0 bridgehead atoms. The van der Waals surface area contributed by atoms with Gasteiger partial charge in [-0.15, -0.1) is 10.2 Å². The number of aromatic nitrogens is 3. The molecule has 0 amide bonds. The molecular formula is C18H23FN4O2S. The molecule has 0 N–H and O–H groups in total. The SMILES string of the molecule is O=S(=O)(c1ccc(F)cc1)N1CCC(c2nnc3n2CCCCC3)CC1. The molecule has 0 unspecified atom stereocenters. The van der Waals surface area contributed by atoms with Crippen molar-refractivity contribution in [3.05, 3.63) is 41.7 Å². The van der Waals surface area contributed by atoms with Crippen molar-refractivity contribution in [2.45, 2.75) is 55.9 Å². The van der Waals surface area contributed by atoms with Crippen LogP contribution in [-0.4, -0.2) is 40.6 Å². The Morgan fingerprint density at radius 3 is 2.42 bits per heavy atom. The van der Waals surface area contributed by atoms with E-state index in [1.807, 2.05) is 0 Å². The number of piperidine rings is 1. The average molecular weight is 378 g/mol. The summed E-state index contributed by atoms with van der Waals surface area (Å²) >= 11 is 0. The summed E-state index contributed by atoms with van der Waals surface area (Å²) in [5, 5.41) is 8.78. The molecule has 0 saturated carbocycles. The molecule has 0 radical (unpaired) electrons. The normalized spacial score (nSPS) is 19.9. The molecule has 8 heteroatoms. The van der Waals surface area contributed by atoms with Gasteiger partial charge < -0.3 is 4.57 Å². The lowest BCUT2D eigenvalue weighted by molar-refractivity contribution is 0.308. The second-order valence-corrected chi connectivity index (χ2v) is 9.01. The predicted octanol–water partition coefficient (Wildman–Crippen LogP) is 2.71. The summed E-state index contributed by atoms with van der Waals surface area (Å²) in [6.07, 6.45) is 5.97. The second-order valence-electron chi connectivity index (χ2n) is 7.07. The van der Waals surface area contributed by atoms with E-state index < -0.39 is 15.8 Å². The standard InChI is InChI=1S/C18H23FN4O2S/c19-15-5-7-16(8-6-15)26(24,25)22-12-9-14(10-13-22)18-21-20-17-4-2-1-3-11-23(17)18/h5-8,14H,1-4,9-13H2. The molecule has 0 aliphatic carbocycles. The van der Waals surface area contributed by atoms with Crippen LogP contribution in [0.2, 0.25) is 0 Å². The van der Waals surface area contributed by atoms with Crippen molar-refractivity contribution < 1.29 is 12.8 Å². The van der Waals surface area contributed by atoms with E-state index in [2.05, 4.69) is 14.8 Å². The summed E-state index contributed by atoms with van der Waals surface area (Å²) in [5.74, 6) is 1.89. The smallest absolute Gasteiger partial charge is 0.243 e. The fourth-order valence-electron chi connectivity index (χ4n) is 3.92. The van der Waals surface area contributed by atoms with E-state index in [-0.39, 0.29) is 10.8 Å². The number of benzene rings is 1. The van der Waals surface area contributed by atoms with Gasteiger partial charge in [0, 0.05) is 32.0 Å². The molecule has 3 heterocycles. The molecule has 1 fully saturated rings. The van der Waals surface area contributed by atoms with Gasteiger partial charge in [-0.25, -0.2) is 12.8 Å². The number of hydrogen-bond acceptors (Lipinski definition) is 4. The van der Waals surface area contributed by atoms with Crippen molar-refractivity contribution in [3.63, 3.8) is 0 Å². The topological polar surface area (TPSA) is 68.1 Å². The second kappa shape index (κ2) is 7.08. The van der Waals surface area contributed by atoms with E-state index >= 15 is 0 Å². The Bertz CT molecular complexity index is 871. The summed E-state index contributed by atoms with van der Waals surface area (Å²) in [7, 11) is -3.57. The monoisotopic (exact) mass is 378 g/mol. The van der Waals surface area contributed by atoms with Crippen LogP contribution < -0.4 is 0 Å². The maximum absolute atomic E-state index is 13.1. The van der Waals surface area contributed by atoms with Crippen LogP contribution in [0.3, 0.4) is 0 Å². The van der Waals surface area contributed by atoms with E-state index in [0.29, 0.717) is 13.1 Å². The number of aryl methyl sites for hydroxylation is 1. The molecule has 26 heavy (non-hydrogen) atoms. The van der Waals surface area contributed by atoms with Crippen molar-refractivity contribution in [2.75, 3.05) is 13.1 Å². The van der Waals surface area contributed by atoms with Crippen molar-refractivity contribution in [1.82, 2.24) is 19.1 Å². The van der Waals surface area contributed by atoms with Crippen molar-refractivity contribution in [1.29, 1.82) is 0 Å². The van der Waals surface area contributed by atoms with Gasteiger partial charge in [-0.3, -0.25) is 0 Å². The van der Waals surface area contributed by atoms with Crippen molar-refractivity contribution in [3.8, 4) is 0 Å². The molecule has 0 spiro atoms. The maximum Gasteiger partial charge on any atom is 0.243 e. The van der Waals surface area contributed by atoms with Gasteiger partial charge in [-0.05, 0) is 49.9 Å². The highest BCUT2D eigenvalue weighted by Crippen LogP contribution is 2.31. The van der Waals surface area contributed by atoms with Gasteiger partial charge in [0.15, 0.2) is 0 Å². The van der Waals surface area contributed by atoms with Crippen LogP contribution in [0.4, 0.5) is 4.39 Å². The minimum Gasteiger partial charge on any atom is -0.315 e. The lowest BCUT2D eigenvalue weighted by Gasteiger charge is -2.31. The molecule has 2 aromatic rings. The van der Waals surface area contributed by atoms with Crippen LogP contribution in [-0.2, 0) is 23.0 Å². The summed E-state index contributed by atoms with van der Waals surface area (Å²) in [4.78, 5) is 0.147. The number of hydrogen-bond donors (Lipinski definition) is 0. The van der Waals surface area contributed by atoms with Gasteiger partial charge in [0.1, 0.15) is 17.5 Å². The first-order valence-corrected chi connectivity index (χ1v) is 10.7. The number of rotatable bonds is 3. The van der Waals surface area contributed by atoms with Gasteiger partial charge >= 0.3 is 0 Å². The first-order chi connectivity index (χ1) is 12.6. The molecule has 0 atom stereocenters.